The fourth-order valence-electron chi connectivity index (χ4n) is 14.9. The molecule has 110 heavy (non-hydrogen) atoms. The summed E-state index contributed by atoms with van der Waals surface area (Å²) < 4.78 is 46.6. The Morgan fingerprint density at radius 3 is 1.93 bits per heavy atom. The maximum Gasteiger partial charge on any atom is 0.408 e. The molecule has 3 aromatic carbocycles. The first-order valence-electron chi connectivity index (χ1n) is 37.4. The van der Waals surface area contributed by atoms with Gasteiger partial charge >= 0.3 is 24.0 Å². The van der Waals surface area contributed by atoms with Crippen molar-refractivity contribution in [2.24, 2.45) is 28.4 Å². The Labute approximate surface area is 640 Å². The molecule has 0 radical (unpaired) electrons. The number of fused-ring (bicyclic) bond motifs is 5. The highest BCUT2D eigenvalue weighted by Crippen LogP contribution is 2.64. The van der Waals surface area contributed by atoms with Gasteiger partial charge in [-0.1, -0.05) is 101 Å². The van der Waals surface area contributed by atoms with E-state index in [0.29, 0.717) is 70.9 Å². The van der Waals surface area contributed by atoms with E-state index in [9.17, 15) is 73.5 Å². The quantitative estimate of drug-likeness (QED) is 0.0172. The van der Waals surface area contributed by atoms with E-state index in [1.807, 2.05) is 27.7 Å². The smallest absolute Gasteiger partial charge is 0.408 e. The molecule has 16 atom stereocenters. The molecule has 32 nitrogen and oxygen atoms in total. The van der Waals surface area contributed by atoms with E-state index in [2.05, 4.69) is 31.9 Å². The van der Waals surface area contributed by atoms with Crippen molar-refractivity contribution in [3.63, 3.8) is 0 Å². The number of aliphatic hydroxyl groups excluding tert-OH is 4. The lowest BCUT2D eigenvalue weighted by molar-refractivity contribution is -0.345. The summed E-state index contributed by atoms with van der Waals surface area (Å²) in [5, 5.41) is 72.7. The molecule has 2 heterocycles. The van der Waals surface area contributed by atoms with E-state index in [1.54, 1.807) is 92.7 Å². The Morgan fingerprint density at radius 1 is 0.736 bits per heavy atom. The van der Waals surface area contributed by atoms with Crippen LogP contribution in [0.15, 0.2) is 102 Å². The van der Waals surface area contributed by atoms with Crippen LogP contribution in [0.1, 0.15) is 147 Å². The van der Waals surface area contributed by atoms with Crippen molar-refractivity contribution in [2.75, 3.05) is 79.0 Å². The van der Waals surface area contributed by atoms with Gasteiger partial charge < -0.3 is 106 Å². The molecule has 2 saturated heterocycles. The first kappa shape index (κ1) is 88.4. The van der Waals surface area contributed by atoms with Crippen LogP contribution >= 0.6 is 0 Å². The first-order chi connectivity index (χ1) is 52.2. The Morgan fingerprint density at radius 2 is 1.35 bits per heavy atom. The lowest BCUT2D eigenvalue weighted by Crippen LogP contribution is -2.82. The summed E-state index contributed by atoms with van der Waals surface area (Å²) >= 11 is 0. The number of hydrogen-bond donors (Lipinski definition) is 12. The van der Waals surface area contributed by atoms with Crippen LogP contribution in [-0.4, -0.2) is 253 Å². The van der Waals surface area contributed by atoms with Crippen molar-refractivity contribution in [1.29, 1.82) is 0 Å². The molecule has 13 N–H and O–H groups in total. The highest BCUT2D eigenvalue weighted by Gasteiger charge is 2.78. The Hall–Kier alpha value is -8.83. The molecule has 2 aliphatic heterocycles. The summed E-state index contributed by atoms with van der Waals surface area (Å²) in [4.78, 5) is 150. The molecule has 0 aromatic heterocycles. The van der Waals surface area contributed by atoms with E-state index < -0.39 is 186 Å². The van der Waals surface area contributed by atoms with Gasteiger partial charge in [0.1, 0.15) is 48.1 Å². The maximum atomic E-state index is 15.7. The van der Waals surface area contributed by atoms with Crippen LogP contribution in [0, 0.1) is 22.7 Å². The number of esters is 3. The predicted octanol–water partition coefficient (Wildman–Crippen LogP) is 1.69. The molecule has 0 spiro atoms. The number of ether oxygens (including phenoxy) is 8. The van der Waals surface area contributed by atoms with Gasteiger partial charge in [0, 0.05) is 63.6 Å². The van der Waals surface area contributed by atoms with Crippen molar-refractivity contribution in [3.8, 4) is 0 Å². The van der Waals surface area contributed by atoms with Gasteiger partial charge in [-0.3, -0.25) is 38.4 Å². The summed E-state index contributed by atoms with van der Waals surface area (Å²) in [5.41, 5.74) is -1.49. The number of aliphatic hydroxyl groups is 5. The lowest BCUT2D eigenvalue weighted by atomic mass is 9.44. The minimum absolute atomic E-state index is 0.0201. The zero-order valence-corrected chi connectivity index (χ0v) is 64.2. The van der Waals surface area contributed by atoms with E-state index >= 15 is 4.79 Å². The third kappa shape index (κ3) is 21.2. The third-order valence-electron chi connectivity index (χ3n) is 20.9. The van der Waals surface area contributed by atoms with Gasteiger partial charge in [0.25, 0.3) is 5.91 Å². The second-order valence-electron chi connectivity index (χ2n) is 29.3. The van der Waals surface area contributed by atoms with E-state index in [4.69, 9.17) is 43.6 Å². The summed E-state index contributed by atoms with van der Waals surface area (Å²) in [6.07, 6.45) is -10.6. The van der Waals surface area contributed by atoms with Crippen LogP contribution < -0.4 is 37.6 Å². The van der Waals surface area contributed by atoms with Gasteiger partial charge in [-0.25, -0.2) is 14.4 Å². The van der Waals surface area contributed by atoms with Crippen molar-refractivity contribution >= 4 is 65.2 Å². The highest BCUT2D eigenvalue weighted by atomic mass is 16.6. The zero-order valence-electron chi connectivity index (χ0n) is 64.2. The summed E-state index contributed by atoms with van der Waals surface area (Å²) in [6.45, 7) is 18.3. The molecule has 3 aliphatic carbocycles. The minimum atomic E-state index is -2.42. The summed E-state index contributed by atoms with van der Waals surface area (Å²) in [6, 6.07) is 18.7. The maximum absolute atomic E-state index is 15.7. The van der Waals surface area contributed by atoms with E-state index in [1.165, 1.54) is 37.8 Å². The van der Waals surface area contributed by atoms with Crippen LogP contribution in [0.3, 0.4) is 0 Å². The number of nitrogens with zero attached hydrogens (tertiary/aromatic N) is 1. The molecule has 7 amide bonds. The number of nitrogens with two attached hydrogens (primary N) is 1. The lowest BCUT2D eigenvalue weighted by Gasteiger charge is -2.67. The summed E-state index contributed by atoms with van der Waals surface area (Å²) in [5.74, 6) is -8.95. The predicted molar refractivity (Wildman–Crippen MR) is 394 cm³/mol. The average molecular weight is 1540 g/mol. The van der Waals surface area contributed by atoms with Gasteiger partial charge in [-0.2, -0.15) is 0 Å². The number of likely N-dealkylation sites (tertiary alicyclic amines) is 1. The van der Waals surface area contributed by atoms with Crippen molar-refractivity contribution < 1.29 is 116 Å². The molecular formula is C78H110N8O24. The Balaban J connectivity index is 0.000000329. The van der Waals surface area contributed by atoms with Crippen molar-refractivity contribution in [2.45, 2.75) is 198 Å². The monoisotopic (exact) mass is 1540 g/mol. The largest absolute Gasteiger partial charge is 0.456 e. The van der Waals surface area contributed by atoms with Gasteiger partial charge in [0.05, 0.1) is 81.3 Å². The molecule has 5 unspecified atom stereocenters. The van der Waals surface area contributed by atoms with Gasteiger partial charge in [0.15, 0.2) is 23.6 Å². The number of amides is 7. The fraction of sp³-hybridized carbons (Fsp3) is 0.603. The van der Waals surface area contributed by atoms with E-state index in [0.717, 1.165) is 6.92 Å². The van der Waals surface area contributed by atoms with Gasteiger partial charge in [-0.15, -0.1) is 0 Å². The number of alkyl carbamates (subject to hydrolysis) is 1. The fourth-order valence-corrected chi connectivity index (χ4v) is 14.9. The van der Waals surface area contributed by atoms with Crippen molar-refractivity contribution in [1.82, 2.24) is 36.8 Å². The number of rotatable bonds is 35. The van der Waals surface area contributed by atoms with Crippen LogP contribution in [0.25, 0.3) is 0 Å². The molecular weight excluding hydrogens is 1430 g/mol. The highest BCUT2D eigenvalue weighted by molar-refractivity contribution is 5.98. The summed E-state index contributed by atoms with van der Waals surface area (Å²) in [7, 11) is 0. The molecule has 2 saturated carbocycles. The number of hydrogen-bond acceptors (Lipinski definition) is 25. The number of carbonyl (C=O) groups is 11. The van der Waals surface area contributed by atoms with Crippen LogP contribution in [0.5, 0.6) is 0 Å². The van der Waals surface area contributed by atoms with E-state index in [-0.39, 0.29) is 67.3 Å². The van der Waals surface area contributed by atoms with Crippen LogP contribution in [0.2, 0.25) is 0 Å². The molecule has 606 valence electrons. The number of ketones is 1. The third-order valence-corrected chi connectivity index (χ3v) is 20.9. The Bertz CT molecular complexity index is 3680. The molecule has 4 fully saturated rings. The average Bonchev–Trinajstić information content (AvgIpc) is 0.693. The Kier molecular flexibility index (Phi) is 32.5. The van der Waals surface area contributed by atoms with Crippen molar-refractivity contribution in [3.05, 3.63) is 119 Å². The van der Waals surface area contributed by atoms with Crippen LogP contribution in [0.4, 0.5) is 4.79 Å². The van der Waals surface area contributed by atoms with Gasteiger partial charge in [0.2, 0.25) is 29.5 Å². The van der Waals surface area contributed by atoms with Crippen LogP contribution in [-0.2, 0) is 76.3 Å². The standard InChI is InChI=1S/C49H56N2O14.C29H54N6O10/c1-7-23-50-45(59)63-38-35-27(2)32(62-44(58)37(54)36(29-17-11-8-12-18-29)51-42(56)30-19-13-9-14-20-30)25-49(60,46(35,4)5)41(64-43(57)31-21-15-10-16-22-31)39-47(6,40(38)55)33(53)24-34-48(39,26-61-34)65-28(3)52;1-5-43-12-13-45-15-14-44-11-7-9-31-27(40)22(18-36)34-28(41)23-8-6-10-35(23)24(38)17-32-26(39)21(16-19(2)3)33-29(42)25(30)20(4)37/h8-22,32-34,36-39,41,53-54,60H,7,23-26H2,1-6H3,(H,50,59)(H,51,56);19-23,25,36-37H,5-18,30H2,1-4H3,(H,31,40)(H,32,39)(H,33,42)(H,34,41)/t32-,33-,34+,36-,37+,38+,39-,41-,47+,48-,49+;/m0./s1. The number of nitrogens with one attached hydrogen (secondary N) is 6. The number of carbonyl (C=O) groups excluding carboxylic acids is 11. The molecule has 32 heteroatoms. The molecule has 2 bridgehead atoms. The van der Waals surface area contributed by atoms with Gasteiger partial charge in [-0.05, 0) is 107 Å². The second kappa shape index (κ2) is 40.4. The molecule has 8 rings (SSSR count). The number of Topliss-reactive ketones (excluding diaryl/α,β-unsaturated/α-hetero) is 1. The number of benzene rings is 3. The normalized spacial score (nSPS) is 25.3. The second-order valence-corrected chi connectivity index (χ2v) is 29.3. The molecule has 5 aliphatic rings. The zero-order chi connectivity index (χ0) is 80.8. The molecule has 3 aromatic rings. The SMILES string of the molecule is CCCNC(=O)O[C@H]1C(=O)[C@@]2(C)[C@H]([C@H](OC(=O)c3ccccc3)[C@]3(O)C[C@H](OC(=O)[C@H](O)[C@@H](NC(=O)c4ccccc4)c4ccccc4)C(C)=C1C3(C)C)[C@]1(OC(C)=O)CO[C@@H]1C[C@@H]2O.CCOCCOCCOCCCNC(=O)C(CO)NC(=O)C1CCCN1C(=O)CNC(=O)C(CC(C)C)NC(=O)C(N)C(C)O. The minimum Gasteiger partial charge on any atom is -0.456 e. The topological polar surface area (TPSA) is 464 Å². The first-order valence-corrected chi connectivity index (χ1v) is 37.4.